The molecule has 9 heteroatoms. The summed E-state index contributed by atoms with van der Waals surface area (Å²) in [5.74, 6) is 0. The second-order valence-corrected chi connectivity index (χ2v) is 4.95. The minimum Gasteiger partial charge on any atom is -1.00 e. The molecule has 0 saturated heterocycles. The van der Waals surface area contributed by atoms with Gasteiger partial charge < -0.3 is 28.1 Å². The molecule has 1 aromatic carbocycles. The molecule has 3 N–H and O–H groups in total. The average molecular weight is 344 g/mol. The van der Waals surface area contributed by atoms with E-state index in [-0.39, 0.29) is 28.5 Å². The Kier molecular flexibility index (Phi) is 8.06. The van der Waals surface area contributed by atoms with Crippen molar-refractivity contribution in [2.24, 2.45) is 7.05 Å². The van der Waals surface area contributed by atoms with Crippen LogP contribution in [0, 0.1) is 10.1 Å². The molecule has 0 amide bonds. The average Bonchev–Trinajstić information content (AvgIpc) is 2.89. The summed E-state index contributed by atoms with van der Waals surface area (Å²) < 4.78 is 4.05. The second-order valence-electron chi connectivity index (χ2n) is 4.95. The van der Waals surface area contributed by atoms with Gasteiger partial charge in [-0.3, -0.25) is 10.1 Å². The van der Waals surface area contributed by atoms with Crippen LogP contribution in [0.15, 0.2) is 36.9 Å². The van der Waals surface area contributed by atoms with Crippen LogP contribution in [0.5, 0.6) is 0 Å². The molecule has 0 saturated carbocycles. The van der Waals surface area contributed by atoms with Gasteiger partial charge in [0.05, 0.1) is 18.5 Å². The number of halogens is 1. The topological polar surface area (TPSA) is 98.7 Å². The lowest BCUT2D eigenvalue weighted by atomic mass is 10.2. The molecular weight excluding hydrogens is 322 g/mol. The van der Waals surface area contributed by atoms with Crippen molar-refractivity contribution in [2.45, 2.75) is 6.54 Å². The highest BCUT2D eigenvalue weighted by molar-refractivity contribution is 5.68. The quantitative estimate of drug-likeness (QED) is 0.358. The summed E-state index contributed by atoms with van der Waals surface area (Å²) in [6.07, 6.45) is 5.98. The third-order valence-corrected chi connectivity index (χ3v) is 3.41. The van der Waals surface area contributed by atoms with E-state index in [1.54, 1.807) is 19.2 Å². The number of hydrogen-bond donors (Lipinski definition) is 1. The minimum absolute atomic E-state index is 0. The van der Waals surface area contributed by atoms with Gasteiger partial charge in [-0.2, -0.15) is 0 Å². The number of hydrogen-bond acceptors (Lipinski definition) is 4. The smallest absolute Gasteiger partial charge is 0.294 e. The predicted octanol–water partition coefficient (Wildman–Crippen LogP) is -2.42. The summed E-state index contributed by atoms with van der Waals surface area (Å²) in [5, 5.41) is 13.9. The van der Waals surface area contributed by atoms with E-state index in [0.29, 0.717) is 5.69 Å². The van der Waals surface area contributed by atoms with E-state index < -0.39 is 0 Å². The van der Waals surface area contributed by atoms with E-state index in [4.69, 9.17) is 0 Å². The van der Waals surface area contributed by atoms with E-state index in [1.807, 2.05) is 48.3 Å². The third-order valence-electron chi connectivity index (χ3n) is 3.41. The van der Waals surface area contributed by atoms with Gasteiger partial charge in [-0.05, 0) is 12.1 Å². The van der Waals surface area contributed by atoms with E-state index in [0.717, 1.165) is 18.8 Å². The molecule has 0 aliphatic carbocycles. The lowest BCUT2D eigenvalue weighted by molar-refractivity contribution is -0.671. The zero-order valence-corrected chi connectivity index (χ0v) is 14.1. The van der Waals surface area contributed by atoms with Crippen LogP contribution in [0.1, 0.15) is 0 Å². The van der Waals surface area contributed by atoms with Crippen molar-refractivity contribution in [2.75, 3.05) is 30.9 Å². The zero-order valence-electron chi connectivity index (χ0n) is 13.4. The number of anilines is 2. The molecule has 0 radical (unpaired) electrons. The van der Waals surface area contributed by atoms with E-state index >= 15 is 0 Å². The normalized spacial score (nSPS) is 9.52. The van der Waals surface area contributed by atoms with Crippen LogP contribution >= 0.6 is 0 Å². The van der Waals surface area contributed by atoms with Crippen molar-refractivity contribution in [3.63, 3.8) is 0 Å². The van der Waals surface area contributed by atoms with Crippen molar-refractivity contribution in [3.8, 4) is 0 Å². The molecule has 2 rings (SSSR count). The van der Waals surface area contributed by atoms with Gasteiger partial charge in [0, 0.05) is 25.8 Å². The Hall–Kier alpha value is -2.32. The number of likely N-dealkylation sites (N-methyl/N-ethyl adjacent to an activating group) is 1. The fourth-order valence-corrected chi connectivity index (χ4v) is 2.15. The fourth-order valence-electron chi connectivity index (χ4n) is 2.15. The van der Waals surface area contributed by atoms with Gasteiger partial charge in [-0.25, -0.2) is 9.13 Å². The van der Waals surface area contributed by atoms with E-state index in [2.05, 4.69) is 9.88 Å². The number of nitro groups is 1. The number of aromatic nitrogens is 2. The molecule has 0 bridgehead atoms. The molecule has 0 unspecified atom stereocenters. The van der Waals surface area contributed by atoms with Gasteiger partial charge in [0.25, 0.3) is 5.69 Å². The minimum atomic E-state index is -0.366. The second kappa shape index (κ2) is 8.96. The number of nitrogens with zero attached hydrogens (tertiary/aromatic N) is 4. The lowest BCUT2D eigenvalue weighted by Crippen LogP contribution is -3.00. The van der Waals surface area contributed by atoms with Crippen LogP contribution in [-0.4, -0.2) is 35.6 Å². The molecule has 1 heterocycles. The van der Waals surface area contributed by atoms with Crippen LogP contribution < -0.4 is 27.2 Å². The highest BCUT2D eigenvalue weighted by Crippen LogP contribution is 2.28. The lowest BCUT2D eigenvalue weighted by Gasteiger charge is -2.18. The number of nitrogens with one attached hydrogen (secondary N) is 1. The standard InChI is InChI=1S/C14H20N5O2.ClH.H2O/c1-15-13-5-4-12(10-14(13)19(20)21)17(3)7-9-18-8-6-16(2)11-18;;/h4-6,8,10-11,15H,7,9H2,1-3H3;1H;1H2/q+1;;/p-1. The first-order valence-electron chi connectivity index (χ1n) is 6.69. The van der Waals surface area contributed by atoms with E-state index in [1.165, 1.54) is 0 Å². The van der Waals surface area contributed by atoms with Crippen molar-refractivity contribution >= 4 is 17.1 Å². The Morgan fingerprint density at radius 3 is 2.65 bits per heavy atom. The van der Waals surface area contributed by atoms with Crippen LogP contribution in [0.4, 0.5) is 17.1 Å². The van der Waals surface area contributed by atoms with Gasteiger partial charge in [-0.1, -0.05) is 0 Å². The number of rotatable bonds is 6. The Morgan fingerprint density at radius 2 is 2.13 bits per heavy atom. The van der Waals surface area contributed by atoms with Crippen molar-refractivity contribution in [1.82, 2.24) is 4.57 Å². The Balaban J connectivity index is 0.00000242. The van der Waals surface area contributed by atoms with Gasteiger partial charge in [-0.15, -0.1) is 0 Å². The molecule has 0 aliphatic heterocycles. The molecule has 8 nitrogen and oxygen atoms in total. The molecule has 0 aliphatic rings. The maximum Gasteiger partial charge on any atom is 0.294 e. The number of aryl methyl sites for hydroxylation is 1. The monoisotopic (exact) mass is 343 g/mol. The van der Waals surface area contributed by atoms with Gasteiger partial charge in [0.15, 0.2) is 0 Å². The first-order chi connectivity index (χ1) is 10.0. The Morgan fingerprint density at radius 1 is 1.43 bits per heavy atom. The molecule has 0 spiro atoms. The Bertz CT molecular complexity index is 647. The predicted molar refractivity (Wildman–Crippen MR) is 85.1 cm³/mol. The fraction of sp³-hybridized carbons (Fsp3) is 0.357. The summed E-state index contributed by atoms with van der Waals surface area (Å²) in [7, 11) is 5.58. The first kappa shape index (κ1) is 20.7. The molecule has 128 valence electrons. The first-order valence-corrected chi connectivity index (χ1v) is 6.69. The van der Waals surface area contributed by atoms with E-state index in [9.17, 15) is 10.1 Å². The maximum absolute atomic E-state index is 11.1. The van der Waals surface area contributed by atoms with Crippen molar-refractivity contribution in [3.05, 3.63) is 47.0 Å². The van der Waals surface area contributed by atoms with Gasteiger partial charge in [0.1, 0.15) is 24.6 Å². The van der Waals surface area contributed by atoms with Crippen molar-refractivity contribution in [1.29, 1.82) is 0 Å². The highest BCUT2D eigenvalue weighted by Gasteiger charge is 2.15. The van der Waals surface area contributed by atoms with Crippen LogP contribution in [-0.2, 0) is 13.6 Å². The summed E-state index contributed by atoms with van der Waals surface area (Å²) in [6.45, 7) is 1.59. The summed E-state index contributed by atoms with van der Waals surface area (Å²) in [5.41, 5.74) is 1.45. The number of nitro benzene ring substituents is 1. The molecule has 0 atom stereocenters. The van der Waals surface area contributed by atoms with Crippen molar-refractivity contribution < 1.29 is 27.4 Å². The maximum atomic E-state index is 11.1. The summed E-state index contributed by atoms with van der Waals surface area (Å²) >= 11 is 0. The SMILES string of the molecule is CNc1ccc(N(C)CCn2cc[n+](C)c2)cc1[N+](=O)[O-].O.[Cl-]. The van der Waals surface area contributed by atoms with Gasteiger partial charge >= 0.3 is 0 Å². The number of imidazole rings is 1. The molecule has 1 aromatic heterocycles. The Labute approximate surface area is 141 Å². The number of benzene rings is 1. The van der Waals surface area contributed by atoms with Crippen LogP contribution in [0.3, 0.4) is 0 Å². The molecule has 0 fully saturated rings. The molecular formula is C14H22ClN5O3. The highest BCUT2D eigenvalue weighted by atomic mass is 35.5. The largest absolute Gasteiger partial charge is 1.00 e. The molecule has 2 aromatic rings. The van der Waals surface area contributed by atoms with Crippen LogP contribution in [0.2, 0.25) is 0 Å². The van der Waals surface area contributed by atoms with Gasteiger partial charge in [0.2, 0.25) is 6.33 Å². The molecule has 23 heavy (non-hydrogen) atoms. The summed E-state index contributed by atoms with van der Waals surface area (Å²) in [6, 6.07) is 5.22. The third kappa shape index (κ3) is 5.11. The summed E-state index contributed by atoms with van der Waals surface area (Å²) in [4.78, 5) is 12.7. The zero-order chi connectivity index (χ0) is 15.4. The van der Waals surface area contributed by atoms with Crippen LogP contribution in [0.25, 0.3) is 0 Å².